The van der Waals surface area contributed by atoms with Crippen molar-refractivity contribution in [1.29, 1.82) is 0 Å². The number of nitrogens with zero attached hydrogens (tertiary/aromatic N) is 4. The molecule has 0 aliphatic carbocycles. The molecular formula is C32H30N4O6. The van der Waals surface area contributed by atoms with E-state index in [-0.39, 0.29) is 35.0 Å². The highest BCUT2D eigenvalue weighted by Gasteiger charge is 2.20. The normalized spacial score (nSPS) is 11.5. The molecule has 0 aliphatic heterocycles. The van der Waals surface area contributed by atoms with Gasteiger partial charge in [0.2, 0.25) is 0 Å². The van der Waals surface area contributed by atoms with E-state index in [1.54, 1.807) is 54.1 Å². The Morgan fingerprint density at radius 1 is 0.905 bits per heavy atom. The van der Waals surface area contributed by atoms with E-state index in [2.05, 4.69) is 4.99 Å². The summed E-state index contributed by atoms with van der Waals surface area (Å²) >= 11 is 0. The van der Waals surface area contributed by atoms with E-state index in [1.807, 2.05) is 30.3 Å². The van der Waals surface area contributed by atoms with Gasteiger partial charge in [-0.25, -0.2) is 9.78 Å². The van der Waals surface area contributed by atoms with Gasteiger partial charge in [-0.1, -0.05) is 42.5 Å². The lowest BCUT2D eigenvalue weighted by atomic mass is 10.1. The number of methoxy groups -OCH3 is 2. The standard InChI is InChI=1S/C32H30N4O6/c1-4-42-32(39)24-20-23-29(33-27-12-8-9-16-35(27)31(23)38)36(17-15-21-10-6-5-7-11-21)30(24)34-28(37)19-22-13-14-25(40-2)26(18-22)41-3/h5-14,16,18,20H,4,15,17,19H2,1-3H3. The van der Waals surface area contributed by atoms with Gasteiger partial charge in [-0.3, -0.25) is 14.0 Å². The van der Waals surface area contributed by atoms with Gasteiger partial charge in [-0.2, -0.15) is 4.99 Å². The fourth-order valence-corrected chi connectivity index (χ4v) is 4.78. The average Bonchev–Trinajstić information content (AvgIpc) is 3.01. The molecule has 0 atom stereocenters. The van der Waals surface area contributed by atoms with Crippen LogP contribution in [0, 0.1) is 0 Å². The fraction of sp³-hybridized carbons (Fsp3) is 0.219. The number of benzene rings is 2. The van der Waals surface area contributed by atoms with E-state index in [1.165, 1.54) is 24.7 Å². The monoisotopic (exact) mass is 566 g/mol. The van der Waals surface area contributed by atoms with Crippen molar-refractivity contribution >= 4 is 28.6 Å². The van der Waals surface area contributed by atoms with Crippen molar-refractivity contribution in [2.75, 3.05) is 20.8 Å². The summed E-state index contributed by atoms with van der Waals surface area (Å²) in [5, 5.41) is 0.209. The molecule has 0 fully saturated rings. The molecule has 3 aromatic heterocycles. The number of carbonyl (C=O) groups excluding carboxylic acids is 2. The second kappa shape index (κ2) is 12.5. The van der Waals surface area contributed by atoms with E-state index in [0.29, 0.717) is 41.3 Å². The van der Waals surface area contributed by atoms with E-state index >= 15 is 0 Å². The third kappa shape index (κ3) is 5.78. The van der Waals surface area contributed by atoms with Crippen LogP contribution in [-0.4, -0.2) is 46.7 Å². The Kier molecular flexibility index (Phi) is 8.42. The summed E-state index contributed by atoms with van der Waals surface area (Å²) in [6, 6.07) is 21.6. The maximum Gasteiger partial charge on any atom is 0.341 e. The number of ether oxygens (including phenoxy) is 3. The molecule has 214 valence electrons. The van der Waals surface area contributed by atoms with Crippen LogP contribution < -0.4 is 20.5 Å². The van der Waals surface area contributed by atoms with E-state index < -0.39 is 11.9 Å². The Morgan fingerprint density at radius 3 is 2.40 bits per heavy atom. The first-order chi connectivity index (χ1) is 20.4. The average molecular weight is 567 g/mol. The van der Waals surface area contributed by atoms with Crippen LogP contribution in [-0.2, 0) is 28.9 Å². The van der Waals surface area contributed by atoms with Crippen LogP contribution >= 0.6 is 0 Å². The van der Waals surface area contributed by atoms with Gasteiger partial charge in [0.25, 0.3) is 11.5 Å². The van der Waals surface area contributed by atoms with Crippen molar-refractivity contribution in [2.24, 2.45) is 4.99 Å². The van der Waals surface area contributed by atoms with Gasteiger partial charge >= 0.3 is 5.97 Å². The second-order valence-corrected chi connectivity index (χ2v) is 9.44. The third-order valence-corrected chi connectivity index (χ3v) is 6.79. The van der Waals surface area contributed by atoms with Crippen LogP contribution in [0.25, 0.3) is 16.7 Å². The Morgan fingerprint density at radius 2 is 1.67 bits per heavy atom. The molecule has 5 rings (SSSR count). The quantitative estimate of drug-likeness (QED) is 0.197. The van der Waals surface area contributed by atoms with Gasteiger partial charge in [-0.05, 0) is 54.8 Å². The molecule has 0 N–H and O–H groups in total. The number of fused-ring (bicyclic) bond motifs is 2. The predicted octanol–water partition coefficient (Wildman–Crippen LogP) is 3.76. The molecule has 0 aliphatic rings. The number of hydrogen-bond acceptors (Lipinski definition) is 7. The summed E-state index contributed by atoms with van der Waals surface area (Å²) < 4.78 is 19.1. The minimum Gasteiger partial charge on any atom is -0.493 e. The zero-order chi connectivity index (χ0) is 29.6. The molecule has 0 saturated carbocycles. The topological polar surface area (TPSA) is 113 Å². The van der Waals surface area contributed by atoms with Crippen molar-refractivity contribution in [3.63, 3.8) is 0 Å². The third-order valence-electron chi connectivity index (χ3n) is 6.79. The molecule has 1 amide bonds. The largest absolute Gasteiger partial charge is 0.493 e. The zero-order valence-corrected chi connectivity index (χ0v) is 23.6. The molecule has 0 radical (unpaired) electrons. The first-order valence-electron chi connectivity index (χ1n) is 13.5. The number of aromatic nitrogens is 3. The lowest BCUT2D eigenvalue weighted by Crippen LogP contribution is -2.33. The van der Waals surface area contributed by atoms with Crippen LogP contribution in [0.4, 0.5) is 0 Å². The van der Waals surface area contributed by atoms with Gasteiger partial charge in [0.05, 0.1) is 32.6 Å². The molecule has 3 heterocycles. The molecule has 10 heteroatoms. The Hall–Kier alpha value is -5.25. The van der Waals surface area contributed by atoms with Gasteiger partial charge in [-0.15, -0.1) is 0 Å². The minimum absolute atomic E-state index is 0.00727. The number of esters is 1. The Balaban J connectivity index is 1.73. The second-order valence-electron chi connectivity index (χ2n) is 9.44. The van der Waals surface area contributed by atoms with Crippen LogP contribution in [0.1, 0.15) is 28.4 Å². The number of pyridine rings is 2. The summed E-state index contributed by atoms with van der Waals surface area (Å²) in [6.45, 7) is 2.09. The molecular weight excluding hydrogens is 536 g/mol. The minimum atomic E-state index is -0.692. The first-order valence-corrected chi connectivity index (χ1v) is 13.5. The first kappa shape index (κ1) is 28.3. The van der Waals surface area contributed by atoms with E-state index in [4.69, 9.17) is 19.2 Å². The van der Waals surface area contributed by atoms with Crippen LogP contribution in [0.5, 0.6) is 11.5 Å². The van der Waals surface area contributed by atoms with Gasteiger partial charge in [0.15, 0.2) is 17.0 Å². The van der Waals surface area contributed by atoms with Crippen LogP contribution in [0.2, 0.25) is 0 Å². The molecule has 0 bridgehead atoms. The van der Waals surface area contributed by atoms with Gasteiger partial charge in [0.1, 0.15) is 16.9 Å². The number of carbonyl (C=O) groups is 2. The summed E-state index contributed by atoms with van der Waals surface area (Å²) in [5.41, 5.74) is 2.15. The zero-order valence-electron chi connectivity index (χ0n) is 23.6. The molecule has 0 spiro atoms. The summed E-state index contributed by atoms with van der Waals surface area (Å²) in [5.74, 6) is -0.176. The summed E-state index contributed by atoms with van der Waals surface area (Å²) in [4.78, 5) is 49.4. The molecule has 0 saturated heterocycles. The summed E-state index contributed by atoms with van der Waals surface area (Å²) in [6.07, 6.45) is 2.09. The van der Waals surface area contributed by atoms with Crippen molar-refractivity contribution in [3.8, 4) is 11.5 Å². The fourth-order valence-electron chi connectivity index (χ4n) is 4.78. The smallest absolute Gasteiger partial charge is 0.341 e. The number of amides is 1. The molecule has 2 aromatic carbocycles. The molecule has 42 heavy (non-hydrogen) atoms. The van der Waals surface area contributed by atoms with Crippen molar-refractivity contribution in [1.82, 2.24) is 14.0 Å². The van der Waals surface area contributed by atoms with Crippen molar-refractivity contribution in [2.45, 2.75) is 26.3 Å². The highest BCUT2D eigenvalue weighted by molar-refractivity contribution is 5.94. The molecule has 0 unspecified atom stereocenters. The number of hydrogen-bond donors (Lipinski definition) is 0. The van der Waals surface area contributed by atoms with E-state index in [9.17, 15) is 14.4 Å². The molecule has 10 nitrogen and oxygen atoms in total. The Labute approximate surface area is 241 Å². The maximum absolute atomic E-state index is 13.6. The SMILES string of the molecule is CCOC(=O)c1cc2c(=O)n3ccccc3nc2n(CCc2ccccc2)c1=NC(=O)Cc1ccc(OC)c(OC)c1. The highest BCUT2D eigenvalue weighted by atomic mass is 16.5. The van der Waals surface area contributed by atoms with Crippen LogP contribution in [0.3, 0.4) is 0 Å². The number of aryl methyl sites for hydroxylation is 2. The van der Waals surface area contributed by atoms with Crippen molar-refractivity contribution < 1.29 is 23.8 Å². The van der Waals surface area contributed by atoms with Crippen LogP contribution in [0.15, 0.2) is 88.8 Å². The Bertz CT molecular complexity index is 1910. The summed E-state index contributed by atoms with van der Waals surface area (Å²) in [7, 11) is 3.05. The van der Waals surface area contributed by atoms with Crippen molar-refractivity contribution in [3.05, 3.63) is 112 Å². The lowest BCUT2D eigenvalue weighted by Gasteiger charge is -2.15. The van der Waals surface area contributed by atoms with Gasteiger partial charge in [0, 0.05) is 12.7 Å². The number of rotatable bonds is 9. The predicted molar refractivity (Wildman–Crippen MR) is 157 cm³/mol. The van der Waals surface area contributed by atoms with Gasteiger partial charge < -0.3 is 18.8 Å². The maximum atomic E-state index is 13.6. The molecule has 5 aromatic rings. The van der Waals surface area contributed by atoms with E-state index in [0.717, 1.165) is 5.56 Å². The lowest BCUT2D eigenvalue weighted by molar-refractivity contribution is -0.117. The highest BCUT2D eigenvalue weighted by Crippen LogP contribution is 2.27.